The SMILES string of the molecule is CC(CN1CCOCC1)NCC(CN)C(C)C. The summed E-state index contributed by atoms with van der Waals surface area (Å²) in [5.74, 6) is 1.24. The van der Waals surface area contributed by atoms with Crippen molar-refractivity contribution in [3.63, 3.8) is 0 Å². The van der Waals surface area contributed by atoms with Crippen molar-refractivity contribution in [1.29, 1.82) is 0 Å². The van der Waals surface area contributed by atoms with E-state index in [-0.39, 0.29) is 0 Å². The predicted molar refractivity (Wildman–Crippen MR) is 72.1 cm³/mol. The van der Waals surface area contributed by atoms with Gasteiger partial charge in [0.2, 0.25) is 0 Å². The van der Waals surface area contributed by atoms with Crippen LogP contribution in [0, 0.1) is 11.8 Å². The van der Waals surface area contributed by atoms with Crippen LogP contribution in [-0.2, 0) is 4.74 Å². The molecule has 4 heteroatoms. The molecule has 17 heavy (non-hydrogen) atoms. The molecule has 1 aliphatic rings. The highest BCUT2D eigenvalue weighted by molar-refractivity contribution is 4.73. The average molecular weight is 243 g/mol. The zero-order valence-corrected chi connectivity index (χ0v) is 11.6. The third-order valence-corrected chi connectivity index (χ3v) is 3.61. The fourth-order valence-electron chi connectivity index (χ4n) is 2.18. The van der Waals surface area contributed by atoms with Gasteiger partial charge in [0, 0.05) is 25.7 Å². The minimum Gasteiger partial charge on any atom is -0.379 e. The number of rotatable bonds is 7. The largest absolute Gasteiger partial charge is 0.379 e. The molecule has 1 rings (SSSR count). The maximum atomic E-state index is 5.78. The van der Waals surface area contributed by atoms with Crippen LogP contribution in [0.25, 0.3) is 0 Å². The Balaban J connectivity index is 2.17. The number of nitrogens with zero attached hydrogens (tertiary/aromatic N) is 1. The minimum absolute atomic E-state index is 0.529. The molecule has 0 saturated carbocycles. The molecule has 1 heterocycles. The van der Waals surface area contributed by atoms with Gasteiger partial charge in [-0.3, -0.25) is 4.90 Å². The molecule has 0 spiro atoms. The van der Waals surface area contributed by atoms with Crippen molar-refractivity contribution in [2.24, 2.45) is 17.6 Å². The molecule has 1 fully saturated rings. The maximum absolute atomic E-state index is 5.78. The summed E-state index contributed by atoms with van der Waals surface area (Å²) in [7, 11) is 0. The van der Waals surface area contributed by atoms with Crippen molar-refractivity contribution in [3.05, 3.63) is 0 Å². The Morgan fingerprint density at radius 1 is 1.24 bits per heavy atom. The molecule has 3 N–H and O–H groups in total. The summed E-state index contributed by atoms with van der Waals surface area (Å²) < 4.78 is 5.35. The molecule has 0 amide bonds. The first kappa shape index (κ1) is 14.9. The van der Waals surface area contributed by atoms with Gasteiger partial charge in [0.15, 0.2) is 0 Å². The lowest BCUT2D eigenvalue weighted by atomic mass is 9.96. The fraction of sp³-hybridized carbons (Fsp3) is 1.00. The number of ether oxygens (including phenoxy) is 1. The van der Waals surface area contributed by atoms with E-state index in [1.807, 2.05) is 0 Å². The normalized spacial score (nSPS) is 21.7. The van der Waals surface area contributed by atoms with E-state index in [0.29, 0.717) is 17.9 Å². The van der Waals surface area contributed by atoms with Crippen molar-refractivity contribution in [1.82, 2.24) is 10.2 Å². The summed E-state index contributed by atoms with van der Waals surface area (Å²) in [5, 5.41) is 3.60. The number of hydrogen-bond donors (Lipinski definition) is 2. The predicted octanol–water partition coefficient (Wildman–Crippen LogP) is 0.528. The molecule has 2 atom stereocenters. The van der Waals surface area contributed by atoms with Crippen LogP contribution in [0.5, 0.6) is 0 Å². The summed E-state index contributed by atoms with van der Waals surface area (Å²) in [4.78, 5) is 2.47. The maximum Gasteiger partial charge on any atom is 0.0594 e. The quantitative estimate of drug-likeness (QED) is 0.685. The zero-order chi connectivity index (χ0) is 12.7. The topological polar surface area (TPSA) is 50.5 Å². The molecule has 1 saturated heterocycles. The highest BCUT2D eigenvalue weighted by atomic mass is 16.5. The molecular weight excluding hydrogens is 214 g/mol. The van der Waals surface area contributed by atoms with E-state index in [2.05, 4.69) is 31.0 Å². The van der Waals surface area contributed by atoms with Crippen molar-refractivity contribution >= 4 is 0 Å². The fourth-order valence-corrected chi connectivity index (χ4v) is 2.18. The Bertz CT molecular complexity index is 193. The molecule has 4 nitrogen and oxygen atoms in total. The second-order valence-electron chi connectivity index (χ2n) is 5.46. The molecule has 0 aliphatic carbocycles. The first-order chi connectivity index (χ1) is 8.13. The Labute approximate surface area is 106 Å². The van der Waals surface area contributed by atoms with E-state index >= 15 is 0 Å². The van der Waals surface area contributed by atoms with Gasteiger partial charge in [-0.2, -0.15) is 0 Å². The van der Waals surface area contributed by atoms with Crippen molar-refractivity contribution in [2.45, 2.75) is 26.8 Å². The smallest absolute Gasteiger partial charge is 0.0594 e. The van der Waals surface area contributed by atoms with E-state index in [0.717, 1.165) is 45.9 Å². The van der Waals surface area contributed by atoms with E-state index in [4.69, 9.17) is 10.5 Å². The number of morpholine rings is 1. The zero-order valence-electron chi connectivity index (χ0n) is 11.6. The van der Waals surface area contributed by atoms with Crippen LogP contribution < -0.4 is 11.1 Å². The Morgan fingerprint density at radius 3 is 2.41 bits per heavy atom. The lowest BCUT2D eigenvalue weighted by Crippen LogP contribution is -2.46. The van der Waals surface area contributed by atoms with Gasteiger partial charge in [0.1, 0.15) is 0 Å². The molecular formula is C13H29N3O. The summed E-state index contributed by atoms with van der Waals surface area (Å²) in [6.07, 6.45) is 0. The molecule has 0 aromatic carbocycles. The average Bonchev–Trinajstić information content (AvgIpc) is 2.30. The second-order valence-corrected chi connectivity index (χ2v) is 5.46. The first-order valence-corrected chi connectivity index (χ1v) is 6.87. The van der Waals surface area contributed by atoms with E-state index < -0.39 is 0 Å². The molecule has 0 aromatic heterocycles. The van der Waals surface area contributed by atoms with Crippen LogP contribution in [0.15, 0.2) is 0 Å². The summed E-state index contributed by atoms with van der Waals surface area (Å²) in [6, 6.07) is 0.529. The van der Waals surface area contributed by atoms with E-state index in [1.54, 1.807) is 0 Å². The number of nitrogens with two attached hydrogens (primary N) is 1. The van der Waals surface area contributed by atoms with Gasteiger partial charge >= 0.3 is 0 Å². The van der Waals surface area contributed by atoms with Crippen LogP contribution in [0.4, 0.5) is 0 Å². The third-order valence-electron chi connectivity index (χ3n) is 3.61. The summed E-state index contributed by atoms with van der Waals surface area (Å²) in [6.45, 7) is 13.5. The van der Waals surface area contributed by atoms with Gasteiger partial charge < -0.3 is 15.8 Å². The van der Waals surface area contributed by atoms with Crippen LogP contribution in [0.2, 0.25) is 0 Å². The Hall–Kier alpha value is -0.160. The first-order valence-electron chi connectivity index (χ1n) is 6.87. The summed E-state index contributed by atoms with van der Waals surface area (Å²) >= 11 is 0. The summed E-state index contributed by atoms with van der Waals surface area (Å²) in [5.41, 5.74) is 5.78. The monoisotopic (exact) mass is 243 g/mol. The van der Waals surface area contributed by atoms with Gasteiger partial charge in [0.25, 0.3) is 0 Å². The van der Waals surface area contributed by atoms with Gasteiger partial charge in [-0.1, -0.05) is 13.8 Å². The molecule has 0 aromatic rings. The Kier molecular flexibility index (Phi) is 7.04. The van der Waals surface area contributed by atoms with Gasteiger partial charge in [-0.15, -0.1) is 0 Å². The standard InChI is InChI=1S/C13H29N3O/c1-11(2)13(8-14)9-15-12(3)10-16-4-6-17-7-5-16/h11-13,15H,4-10,14H2,1-3H3. The highest BCUT2D eigenvalue weighted by Gasteiger charge is 2.16. The van der Waals surface area contributed by atoms with Gasteiger partial charge in [-0.25, -0.2) is 0 Å². The van der Waals surface area contributed by atoms with Crippen molar-refractivity contribution < 1.29 is 4.74 Å². The van der Waals surface area contributed by atoms with Crippen molar-refractivity contribution in [3.8, 4) is 0 Å². The molecule has 1 aliphatic heterocycles. The lowest BCUT2D eigenvalue weighted by Gasteiger charge is -2.30. The lowest BCUT2D eigenvalue weighted by molar-refractivity contribution is 0.0341. The van der Waals surface area contributed by atoms with Crippen LogP contribution in [-0.4, -0.2) is 56.9 Å². The van der Waals surface area contributed by atoms with E-state index in [1.165, 1.54) is 0 Å². The van der Waals surface area contributed by atoms with E-state index in [9.17, 15) is 0 Å². The van der Waals surface area contributed by atoms with Crippen LogP contribution in [0.3, 0.4) is 0 Å². The molecule has 2 unspecified atom stereocenters. The van der Waals surface area contributed by atoms with Crippen LogP contribution in [0.1, 0.15) is 20.8 Å². The number of nitrogens with one attached hydrogen (secondary N) is 1. The van der Waals surface area contributed by atoms with Crippen molar-refractivity contribution in [2.75, 3.05) is 45.9 Å². The number of hydrogen-bond acceptors (Lipinski definition) is 4. The Morgan fingerprint density at radius 2 is 1.88 bits per heavy atom. The molecule has 102 valence electrons. The van der Waals surface area contributed by atoms with Gasteiger partial charge in [-0.05, 0) is 31.8 Å². The van der Waals surface area contributed by atoms with Gasteiger partial charge in [0.05, 0.1) is 13.2 Å². The highest BCUT2D eigenvalue weighted by Crippen LogP contribution is 2.08. The van der Waals surface area contributed by atoms with Crippen LogP contribution >= 0.6 is 0 Å². The molecule has 0 radical (unpaired) electrons. The second kappa shape index (κ2) is 8.03. The third kappa shape index (κ3) is 5.82. The minimum atomic E-state index is 0.529. The molecule has 0 bridgehead atoms.